The molecule has 1 saturated heterocycles. The molecule has 1 aliphatic heterocycles. The van der Waals surface area contributed by atoms with Crippen LogP contribution in [-0.2, 0) is 14.3 Å². The van der Waals surface area contributed by atoms with Gasteiger partial charge in [-0.2, -0.15) is 0 Å². The predicted molar refractivity (Wildman–Crippen MR) is 70.5 cm³/mol. The van der Waals surface area contributed by atoms with Gasteiger partial charge in [-0.1, -0.05) is 6.92 Å². The van der Waals surface area contributed by atoms with Crippen molar-refractivity contribution in [1.29, 1.82) is 0 Å². The molecule has 7 heteroatoms. The molecule has 3 N–H and O–H groups in total. The van der Waals surface area contributed by atoms with E-state index in [2.05, 4.69) is 5.32 Å². The molecule has 0 spiro atoms. The normalized spacial score (nSPS) is 18.5. The molecule has 106 valence electrons. The van der Waals surface area contributed by atoms with E-state index >= 15 is 0 Å². The summed E-state index contributed by atoms with van der Waals surface area (Å²) < 4.78 is 5.17. The second-order valence-electron chi connectivity index (χ2n) is 4.18. The monoisotopic (exact) mass is 279 g/mol. The van der Waals surface area contributed by atoms with Crippen LogP contribution in [0, 0.1) is 0 Å². The number of carbonyl (C=O) groups excluding carboxylic acids is 2. The molecular formula is C11H22ClN3O3. The lowest BCUT2D eigenvalue weighted by Gasteiger charge is -2.29. The number of nitrogens with one attached hydrogen (secondary N) is 1. The molecule has 0 aromatic carbocycles. The van der Waals surface area contributed by atoms with Crippen LogP contribution in [0.5, 0.6) is 0 Å². The van der Waals surface area contributed by atoms with Crippen molar-refractivity contribution in [3.63, 3.8) is 0 Å². The summed E-state index contributed by atoms with van der Waals surface area (Å²) in [6.07, 6.45) is 0.560. The lowest BCUT2D eigenvalue weighted by atomic mass is 10.2. The standard InChI is InChI=1S/C11H21N3O3.ClH/c1-3-9(12)10(15)13-8(2)11(16)14-4-6-17-7-5-14;/h8-9H,3-7,12H2,1-2H3,(H,13,15);1H/t8?,9-;/m0./s1. The van der Waals surface area contributed by atoms with Crippen LogP contribution in [0.15, 0.2) is 0 Å². The highest BCUT2D eigenvalue weighted by Gasteiger charge is 2.24. The van der Waals surface area contributed by atoms with Crippen molar-refractivity contribution in [3.8, 4) is 0 Å². The van der Waals surface area contributed by atoms with Gasteiger partial charge in [0, 0.05) is 13.1 Å². The highest BCUT2D eigenvalue weighted by atomic mass is 35.5. The van der Waals surface area contributed by atoms with Crippen molar-refractivity contribution in [1.82, 2.24) is 10.2 Å². The second-order valence-corrected chi connectivity index (χ2v) is 4.18. The summed E-state index contributed by atoms with van der Waals surface area (Å²) in [4.78, 5) is 25.2. The Hall–Kier alpha value is -0.850. The fourth-order valence-corrected chi connectivity index (χ4v) is 1.63. The van der Waals surface area contributed by atoms with Gasteiger partial charge in [0.1, 0.15) is 6.04 Å². The highest BCUT2D eigenvalue weighted by molar-refractivity contribution is 5.89. The molecule has 2 amide bonds. The average molecular weight is 280 g/mol. The molecule has 0 radical (unpaired) electrons. The summed E-state index contributed by atoms with van der Waals surface area (Å²) in [6.45, 7) is 5.79. The van der Waals surface area contributed by atoms with Crippen molar-refractivity contribution in [2.75, 3.05) is 26.3 Å². The summed E-state index contributed by atoms with van der Waals surface area (Å²) in [5.74, 6) is -0.355. The van der Waals surface area contributed by atoms with Crippen molar-refractivity contribution in [3.05, 3.63) is 0 Å². The number of nitrogens with zero attached hydrogens (tertiary/aromatic N) is 1. The van der Waals surface area contributed by atoms with E-state index in [0.29, 0.717) is 32.7 Å². The van der Waals surface area contributed by atoms with Crippen molar-refractivity contribution < 1.29 is 14.3 Å². The van der Waals surface area contributed by atoms with Crippen LogP contribution >= 0.6 is 12.4 Å². The van der Waals surface area contributed by atoms with Crippen LogP contribution in [0.3, 0.4) is 0 Å². The molecule has 1 unspecified atom stereocenters. The van der Waals surface area contributed by atoms with E-state index in [9.17, 15) is 9.59 Å². The fraction of sp³-hybridized carbons (Fsp3) is 0.818. The summed E-state index contributed by atoms with van der Waals surface area (Å²) in [6, 6.07) is -1.08. The summed E-state index contributed by atoms with van der Waals surface area (Å²) in [7, 11) is 0. The zero-order chi connectivity index (χ0) is 12.8. The fourth-order valence-electron chi connectivity index (χ4n) is 1.63. The Balaban J connectivity index is 0.00000289. The Kier molecular flexibility index (Phi) is 7.90. The van der Waals surface area contributed by atoms with Crippen LogP contribution in [-0.4, -0.2) is 55.1 Å². The second kappa shape index (κ2) is 8.29. The van der Waals surface area contributed by atoms with Gasteiger partial charge in [-0.3, -0.25) is 9.59 Å². The van der Waals surface area contributed by atoms with Crippen molar-refractivity contribution in [2.24, 2.45) is 5.73 Å². The number of amides is 2. The van der Waals surface area contributed by atoms with Gasteiger partial charge >= 0.3 is 0 Å². The van der Waals surface area contributed by atoms with Gasteiger partial charge in [0.05, 0.1) is 19.3 Å². The van der Waals surface area contributed by atoms with Crippen LogP contribution in [0.2, 0.25) is 0 Å². The van der Waals surface area contributed by atoms with Crippen LogP contribution in [0.1, 0.15) is 20.3 Å². The van der Waals surface area contributed by atoms with Crippen LogP contribution in [0.4, 0.5) is 0 Å². The number of ether oxygens (including phenoxy) is 1. The third-order valence-corrected chi connectivity index (χ3v) is 2.83. The Bertz CT molecular complexity index is 283. The molecule has 1 aliphatic rings. The lowest BCUT2D eigenvalue weighted by Crippen LogP contribution is -2.53. The van der Waals surface area contributed by atoms with E-state index in [0.717, 1.165) is 0 Å². The number of halogens is 1. The number of hydrogen-bond acceptors (Lipinski definition) is 4. The molecule has 0 saturated carbocycles. The molecule has 6 nitrogen and oxygen atoms in total. The van der Waals surface area contributed by atoms with Crippen LogP contribution < -0.4 is 11.1 Å². The number of morpholine rings is 1. The first kappa shape index (κ1) is 17.2. The largest absolute Gasteiger partial charge is 0.378 e. The maximum Gasteiger partial charge on any atom is 0.245 e. The zero-order valence-electron chi connectivity index (χ0n) is 10.8. The zero-order valence-corrected chi connectivity index (χ0v) is 11.7. The van der Waals surface area contributed by atoms with E-state index in [1.807, 2.05) is 6.92 Å². The van der Waals surface area contributed by atoms with E-state index in [1.165, 1.54) is 0 Å². The molecular weight excluding hydrogens is 258 g/mol. The maximum atomic E-state index is 12.0. The molecule has 0 aromatic heterocycles. The Morgan fingerprint density at radius 1 is 1.39 bits per heavy atom. The molecule has 0 aromatic rings. The Morgan fingerprint density at radius 3 is 2.44 bits per heavy atom. The van der Waals surface area contributed by atoms with Gasteiger partial charge in [0.15, 0.2) is 0 Å². The Labute approximate surface area is 114 Å². The summed E-state index contributed by atoms with van der Waals surface area (Å²) in [5, 5.41) is 2.63. The van der Waals surface area contributed by atoms with Gasteiger partial charge in [-0.15, -0.1) is 12.4 Å². The van der Waals surface area contributed by atoms with E-state index < -0.39 is 12.1 Å². The van der Waals surface area contributed by atoms with Gasteiger partial charge in [0.2, 0.25) is 11.8 Å². The van der Waals surface area contributed by atoms with Gasteiger partial charge < -0.3 is 20.7 Å². The minimum absolute atomic E-state index is 0. The van der Waals surface area contributed by atoms with E-state index in [1.54, 1.807) is 11.8 Å². The molecule has 1 fully saturated rings. The minimum atomic E-state index is -0.546. The SMILES string of the molecule is CC[C@H](N)C(=O)NC(C)C(=O)N1CCOCC1.Cl. The number of nitrogens with two attached hydrogens (primary N) is 1. The number of rotatable bonds is 4. The molecule has 0 bridgehead atoms. The first-order valence-electron chi connectivity index (χ1n) is 5.98. The first-order chi connectivity index (χ1) is 8.06. The quantitative estimate of drug-likeness (QED) is 0.727. The lowest BCUT2D eigenvalue weighted by molar-refractivity contribution is -0.139. The maximum absolute atomic E-state index is 12.0. The highest BCUT2D eigenvalue weighted by Crippen LogP contribution is 2.01. The summed E-state index contributed by atoms with van der Waals surface area (Å²) >= 11 is 0. The van der Waals surface area contributed by atoms with Crippen molar-refractivity contribution in [2.45, 2.75) is 32.4 Å². The molecule has 1 heterocycles. The summed E-state index contributed by atoms with van der Waals surface area (Å²) in [5.41, 5.74) is 5.59. The number of hydrogen-bond donors (Lipinski definition) is 2. The predicted octanol–water partition coefficient (Wildman–Crippen LogP) is -0.491. The Morgan fingerprint density at radius 2 is 1.94 bits per heavy atom. The van der Waals surface area contributed by atoms with E-state index in [4.69, 9.17) is 10.5 Å². The van der Waals surface area contributed by atoms with Gasteiger partial charge in [-0.05, 0) is 13.3 Å². The minimum Gasteiger partial charge on any atom is -0.378 e. The molecule has 2 atom stereocenters. The van der Waals surface area contributed by atoms with Gasteiger partial charge in [-0.25, -0.2) is 0 Å². The van der Waals surface area contributed by atoms with E-state index in [-0.39, 0.29) is 24.2 Å². The smallest absolute Gasteiger partial charge is 0.245 e. The molecule has 1 rings (SSSR count). The molecule has 18 heavy (non-hydrogen) atoms. The third-order valence-electron chi connectivity index (χ3n) is 2.83. The number of carbonyl (C=O) groups is 2. The van der Waals surface area contributed by atoms with Crippen LogP contribution in [0.25, 0.3) is 0 Å². The first-order valence-corrected chi connectivity index (χ1v) is 5.98. The molecule has 0 aliphatic carbocycles. The van der Waals surface area contributed by atoms with Crippen molar-refractivity contribution >= 4 is 24.2 Å². The topological polar surface area (TPSA) is 84.7 Å². The average Bonchev–Trinajstić information content (AvgIpc) is 2.37. The van der Waals surface area contributed by atoms with Gasteiger partial charge in [0.25, 0.3) is 0 Å². The third kappa shape index (κ3) is 4.80.